The summed E-state index contributed by atoms with van der Waals surface area (Å²) < 4.78 is 9.93. The Kier molecular flexibility index (Phi) is 8.65. The first-order valence-electron chi connectivity index (χ1n) is 7.60. The maximum absolute atomic E-state index is 12.0. The second kappa shape index (κ2) is 10.3. The van der Waals surface area contributed by atoms with Crippen LogP contribution in [0.25, 0.3) is 0 Å². The summed E-state index contributed by atoms with van der Waals surface area (Å²) in [6, 6.07) is 0. The van der Waals surface area contributed by atoms with Crippen LogP contribution in [0, 0.1) is 0 Å². The Labute approximate surface area is 135 Å². The van der Waals surface area contributed by atoms with Crippen molar-refractivity contribution in [1.82, 2.24) is 9.97 Å². The molecule has 1 N–H and O–H groups in total. The van der Waals surface area contributed by atoms with Crippen molar-refractivity contribution in [3.63, 3.8) is 0 Å². The molecule has 0 spiro atoms. The van der Waals surface area contributed by atoms with Gasteiger partial charge >= 0.3 is 11.9 Å². The van der Waals surface area contributed by atoms with Crippen molar-refractivity contribution in [2.24, 2.45) is 0 Å². The smallest absolute Gasteiger partial charge is 0.357 e. The fourth-order valence-corrected chi connectivity index (χ4v) is 2.67. The molecule has 0 aromatic carbocycles. The van der Waals surface area contributed by atoms with Crippen LogP contribution in [0.5, 0.6) is 0 Å². The van der Waals surface area contributed by atoms with Gasteiger partial charge in [0.25, 0.3) is 0 Å². The minimum Gasteiger partial charge on any atom is -0.466 e. The summed E-state index contributed by atoms with van der Waals surface area (Å²) >= 11 is 1.47. The minimum atomic E-state index is -0.375. The quantitative estimate of drug-likeness (QED) is 0.404. The number of carbonyl (C=O) groups excluding carboxylic acids is 2. The molecule has 1 aromatic rings. The molecule has 1 rings (SSSR count). The molecular weight excluding hydrogens is 304 g/mol. The average Bonchev–Trinajstić information content (AvgIpc) is 2.88. The van der Waals surface area contributed by atoms with Gasteiger partial charge in [0.2, 0.25) is 0 Å². The monoisotopic (exact) mass is 328 g/mol. The Balaban J connectivity index is 2.62. The van der Waals surface area contributed by atoms with Gasteiger partial charge in [-0.3, -0.25) is 4.79 Å². The highest BCUT2D eigenvalue weighted by Gasteiger charge is 2.18. The van der Waals surface area contributed by atoms with E-state index in [0.717, 1.165) is 30.8 Å². The summed E-state index contributed by atoms with van der Waals surface area (Å²) in [4.78, 5) is 30.2. The first kappa shape index (κ1) is 18.5. The van der Waals surface area contributed by atoms with Crippen molar-refractivity contribution in [2.75, 3.05) is 19.0 Å². The zero-order valence-electron chi connectivity index (χ0n) is 13.4. The second-order valence-corrected chi connectivity index (χ2v) is 5.81. The third-order valence-electron chi connectivity index (χ3n) is 2.80. The summed E-state index contributed by atoms with van der Waals surface area (Å²) in [6.45, 7) is 5.99. The zero-order chi connectivity index (χ0) is 16.4. The topological polar surface area (TPSA) is 81.3 Å². The van der Waals surface area contributed by atoms with E-state index in [1.54, 1.807) is 6.92 Å². The van der Waals surface area contributed by atoms with Crippen LogP contribution in [-0.4, -0.2) is 40.9 Å². The van der Waals surface area contributed by atoms with Crippen molar-refractivity contribution in [3.05, 3.63) is 11.5 Å². The molecule has 0 saturated heterocycles. The van der Waals surface area contributed by atoms with E-state index < -0.39 is 0 Å². The number of carbonyl (C=O) groups is 2. The predicted molar refractivity (Wildman–Crippen MR) is 85.1 cm³/mol. The lowest BCUT2D eigenvalue weighted by molar-refractivity contribution is -0.140. The molecule has 0 aliphatic rings. The number of unbranched alkanes of at least 4 members (excludes halogenated alkanes) is 1. The molecule has 0 fully saturated rings. The van der Waals surface area contributed by atoms with Crippen molar-refractivity contribution in [1.29, 1.82) is 0 Å². The number of thioether (sulfide) groups is 1. The molecule has 124 valence electrons. The Morgan fingerprint density at radius 1 is 1.23 bits per heavy atom. The lowest BCUT2D eigenvalue weighted by Gasteiger charge is -2.03. The summed E-state index contributed by atoms with van der Waals surface area (Å²) in [5.41, 5.74) is 0.422. The molecule has 0 aliphatic heterocycles. The van der Waals surface area contributed by atoms with E-state index in [9.17, 15) is 9.59 Å². The third kappa shape index (κ3) is 6.51. The van der Waals surface area contributed by atoms with Gasteiger partial charge in [0.1, 0.15) is 10.9 Å². The number of aryl methyl sites for hydroxylation is 1. The van der Waals surface area contributed by atoms with Gasteiger partial charge in [0, 0.05) is 19.1 Å². The normalized spacial score (nSPS) is 10.5. The number of rotatable bonds is 10. The summed E-state index contributed by atoms with van der Waals surface area (Å²) in [7, 11) is 0. The van der Waals surface area contributed by atoms with Crippen molar-refractivity contribution >= 4 is 23.7 Å². The molecule has 0 saturated carbocycles. The summed E-state index contributed by atoms with van der Waals surface area (Å²) in [5, 5.41) is 0.660. The van der Waals surface area contributed by atoms with Crippen LogP contribution < -0.4 is 0 Å². The lowest BCUT2D eigenvalue weighted by Crippen LogP contribution is -2.07. The number of aromatic nitrogens is 2. The van der Waals surface area contributed by atoms with E-state index >= 15 is 0 Å². The molecule has 0 amide bonds. The minimum absolute atomic E-state index is 0.279. The molecule has 0 atom stereocenters. The van der Waals surface area contributed by atoms with Crippen LogP contribution in [0.4, 0.5) is 0 Å². The molecule has 0 unspecified atom stereocenters. The van der Waals surface area contributed by atoms with Crippen LogP contribution in [0.15, 0.2) is 5.03 Å². The highest BCUT2D eigenvalue weighted by molar-refractivity contribution is 7.99. The molecule has 22 heavy (non-hydrogen) atoms. The van der Waals surface area contributed by atoms with Gasteiger partial charge in [-0.05, 0) is 19.8 Å². The third-order valence-corrected chi connectivity index (χ3v) is 3.86. The van der Waals surface area contributed by atoms with Crippen LogP contribution in [0.2, 0.25) is 0 Å². The average molecular weight is 328 g/mol. The Hall–Kier alpha value is -1.50. The van der Waals surface area contributed by atoms with E-state index in [0.29, 0.717) is 30.4 Å². The SMILES string of the molecule is CCCCc1nc(SCCCOC(C)=O)c(C(=O)OCC)[nH]1. The molecule has 0 aliphatic carbocycles. The van der Waals surface area contributed by atoms with Gasteiger partial charge in [-0.15, -0.1) is 11.8 Å². The Bertz CT molecular complexity index is 488. The Morgan fingerprint density at radius 3 is 2.64 bits per heavy atom. The molecule has 6 nitrogen and oxygen atoms in total. The van der Waals surface area contributed by atoms with E-state index in [1.165, 1.54) is 18.7 Å². The van der Waals surface area contributed by atoms with E-state index in [4.69, 9.17) is 9.47 Å². The largest absolute Gasteiger partial charge is 0.466 e. The van der Waals surface area contributed by atoms with Crippen molar-refractivity contribution < 1.29 is 19.1 Å². The number of esters is 2. The number of aromatic amines is 1. The van der Waals surface area contributed by atoms with Crippen molar-refractivity contribution in [2.45, 2.75) is 51.5 Å². The second-order valence-electron chi connectivity index (χ2n) is 4.73. The Morgan fingerprint density at radius 2 is 2.00 bits per heavy atom. The van der Waals surface area contributed by atoms with Crippen LogP contribution in [0.1, 0.15) is 56.3 Å². The highest BCUT2D eigenvalue weighted by atomic mass is 32.2. The van der Waals surface area contributed by atoms with Crippen LogP contribution in [-0.2, 0) is 20.7 Å². The van der Waals surface area contributed by atoms with Gasteiger partial charge in [-0.1, -0.05) is 13.3 Å². The maximum Gasteiger partial charge on any atom is 0.357 e. The summed E-state index contributed by atoms with van der Waals surface area (Å²) in [6.07, 6.45) is 3.62. The molecule has 0 radical (unpaired) electrons. The van der Waals surface area contributed by atoms with Gasteiger partial charge in [0.15, 0.2) is 5.69 Å². The highest BCUT2D eigenvalue weighted by Crippen LogP contribution is 2.23. The van der Waals surface area contributed by atoms with Crippen LogP contribution >= 0.6 is 11.8 Å². The fraction of sp³-hybridized carbons (Fsp3) is 0.667. The van der Waals surface area contributed by atoms with E-state index in [2.05, 4.69) is 16.9 Å². The van der Waals surface area contributed by atoms with Crippen molar-refractivity contribution in [3.8, 4) is 0 Å². The van der Waals surface area contributed by atoms with Gasteiger partial charge in [-0.25, -0.2) is 9.78 Å². The van der Waals surface area contributed by atoms with Gasteiger partial charge in [0.05, 0.1) is 13.2 Å². The van der Waals surface area contributed by atoms with E-state index in [-0.39, 0.29) is 11.9 Å². The number of hydrogen-bond acceptors (Lipinski definition) is 6. The van der Waals surface area contributed by atoms with Gasteiger partial charge in [-0.2, -0.15) is 0 Å². The predicted octanol–water partition coefficient (Wildman–Crippen LogP) is 2.97. The van der Waals surface area contributed by atoms with Crippen LogP contribution in [0.3, 0.4) is 0 Å². The number of nitrogens with one attached hydrogen (secondary N) is 1. The number of H-pyrrole nitrogens is 1. The zero-order valence-corrected chi connectivity index (χ0v) is 14.3. The lowest BCUT2D eigenvalue weighted by atomic mass is 10.2. The number of hydrogen-bond donors (Lipinski definition) is 1. The molecule has 7 heteroatoms. The number of ether oxygens (including phenoxy) is 2. The maximum atomic E-state index is 12.0. The number of imidazole rings is 1. The van der Waals surface area contributed by atoms with E-state index in [1.807, 2.05) is 0 Å². The molecule has 1 heterocycles. The first-order valence-corrected chi connectivity index (χ1v) is 8.59. The number of nitrogens with zero attached hydrogens (tertiary/aromatic N) is 1. The summed E-state index contributed by atoms with van der Waals surface area (Å²) in [5.74, 6) is 0.879. The van der Waals surface area contributed by atoms with Gasteiger partial charge < -0.3 is 14.5 Å². The molecule has 0 bridgehead atoms. The molecule has 1 aromatic heterocycles. The standard InChI is InChI=1S/C15H24N2O4S/c1-4-6-8-12-16-13(15(19)20-5-2)14(17-12)22-10-7-9-21-11(3)18/h4-10H2,1-3H3,(H,16,17). The first-order chi connectivity index (χ1) is 10.6. The fourth-order valence-electron chi connectivity index (χ4n) is 1.76. The molecular formula is C15H24N2O4S.